The van der Waals surface area contributed by atoms with Crippen molar-refractivity contribution >= 4 is 17.6 Å². The maximum Gasteiger partial charge on any atom is 0.319 e. The van der Waals surface area contributed by atoms with E-state index >= 15 is 0 Å². The number of carbonyl (C=O) groups excluding carboxylic acids is 2. The Morgan fingerprint density at radius 1 is 1.18 bits per heavy atom. The first-order valence-corrected chi connectivity index (χ1v) is 9.50. The van der Waals surface area contributed by atoms with E-state index in [0.29, 0.717) is 44.8 Å². The van der Waals surface area contributed by atoms with Crippen LogP contribution in [0.1, 0.15) is 19.3 Å². The van der Waals surface area contributed by atoms with Gasteiger partial charge in [-0.05, 0) is 37.1 Å². The molecule has 0 saturated carbocycles. The number of hydrogen-bond acceptors (Lipinski definition) is 5. The van der Waals surface area contributed by atoms with Gasteiger partial charge in [-0.1, -0.05) is 0 Å². The highest BCUT2D eigenvalue weighted by Gasteiger charge is 2.33. The van der Waals surface area contributed by atoms with E-state index in [9.17, 15) is 19.1 Å². The molecular formula is C19H26FN3O5. The molecule has 2 heterocycles. The Labute approximate surface area is 163 Å². The molecule has 0 aromatic heterocycles. The topological polar surface area (TPSA) is 100 Å². The Balaban J connectivity index is 1.47. The van der Waals surface area contributed by atoms with Crippen molar-refractivity contribution in [3.63, 3.8) is 0 Å². The number of rotatable bonds is 5. The predicted octanol–water partition coefficient (Wildman–Crippen LogP) is 1.10. The summed E-state index contributed by atoms with van der Waals surface area (Å²) in [6.07, 6.45) is 0.572. The number of aliphatic hydroxyl groups excluding tert-OH is 1. The van der Waals surface area contributed by atoms with Crippen molar-refractivity contribution in [1.29, 1.82) is 0 Å². The maximum absolute atomic E-state index is 12.9. The number of hydrogen-bond donors (Lipinski definition) is 3. The van der Waals surface area contributed by atoms with Crippen LogP contribution in [-0.4, -0.2) is 73.1 Å². The summed E-state index contributed by atoms with van der Waals surface area (Å²) < 4.78 is 24.0. The van der Waals surface area contributed by atoms with Crippen LogP contribution < -0.4 is 10.6 Å². The van der Waals surface area contributed by atoms with Gasteiger partial charge in [-0.25, -0.2) is 9.18 Å². The number of anilines is 1. The average molecular weight is 395 g/mol. The van der Waals surface area contributed by atoms with E-state index in [1.165, 1.54) is 24.3 Å². The number of nitrogens with zero attached hydrogens (tertiary/aromatic N) is 1. The van der Waals surface area contributed by atoms with Crippen molar-refractivity contribution < 1.29 is 28.6 Å². The van der Waals surface area contributed by atoms with E-state index < -0.39 is 12.1 Å². The van der Waals surface area contributed by atoms with Gasteiger partial charge in [-0.3, -0.25) is 4.79 Å². The number of benzene rings is 1. The SMILES string of the molecule is O=C(Nc1ccc(F)cc1)N[C@H]1CC[C@H](CC(=O)N2CCOCC2)O[C@@H]1CO. The lowest BCUT2D eigenvalue weighted by molar-refractivity contribution is -0.143. The molecule has 154 valence electrons. The first-order valence-electron chi connectivity index (χ1n) is 9.50. The van der Waals surface area contributed by atoms with Crippen LogP contribution in [0.3, 0.4) is 0 Å². The number of urea groups is 1. The molecular weight excluding hydrogens is 369 g/mol. The number of halogens is 1. The Morgan fingerprint density at radius 3 is 2.57 bits per heavy atom. The molecule has 8 nitrogen and oxygen atoms in total. The van der Waals surface area contributed by atoms with Crippen molar-refractivity contribution in [2.45, 2.75) is 37.5 Å². The molecule has 0 unspecified atom stereocenters. The van der Waals surface area contributed by atoms with Crippen LogP contribution >= 0.6 is 0 Å². The normalized spacial score (nSPS) is 25.2. The molecule has 0 radical (unpaired) electrons. The third-order valence-corrected chi connectivity index (χ3v) is 4.98. The van der Waals surface area contributed by atoms with Gasteiger partial charge in [0, 0.05) is 18.8 Å². The summed E-state index contributed by atoms with van der Waals surface area (Å²) in [5.74, 6) is -0.366. The van der Waals surface area contributed by atoms with Crippen LogP contribution in [0, 0.1) is 5.82 Å². The molecule has 3 N–H and O–H groups in total. The van der Waals surface area contributed by atoms with Crippen LogP contribution in [0.15, 0.2) is 24.3 Å². The summed E-state index contributed by atoms with van der Waals surface area (Å²) in [4.78, 5) is 26.3. The van der Waals surface area contributed by atoms with Crippen LogP contribution in [-0.2, 0) is 14.3 Å². The van der Waals surface area contributed by atoms with Crippen molar-refractivity contribution in [3.05, 3.63) is 30.1 Å². The van der Waals surface area contributed by atoms with E-state index in [1.807, 2.05) is 0 Å². The minimum Gasteiger partial charge on any atom is -0.394 e. The van der Waals surface area contributed by atoms with E-state index in [1.54, 1.807) is 4.90 Å². The molecule has 0 aliphatic carbocycles. The molecule has 28 heavy (non-hydrogen) atoms. The lowest BCUT2D eigenvalue weighted by Gasteiger charge is -2.37. The Bertz CT molecular complexity index is 666. The summed E-state index contributed by atoms with van der Waals surface area (Å²) in [7, 11) is 0. The lowest BCUT2D eigenvalue weighted by atomic mass is 9.97. The van der Waals surface area contributed by atoms with Crippen LogP contribution in [0.4, 0.5) is 14.9 Å². The minimum atomic E-state index is -0.588. The van der Waals surface area contributed by atoms with Crippen molar-refractivity contribution in [1.82, 2.24) is 10.2 Å². The van der Waals surface area contributed by atoms with E-state index in [2.05, 4.69) is 10.6 Å². The number of aliphatic hydroxyl groups is 1. The third kappa shape index (κ3) is 5.63. The number of nitrogens with one attached hydrogen (secondary N) is 2. The summed E-state index contributed by atoms with van der Waals surface area (Å²) in [5, 5.41) is 15.0. The van der Waals surface area contributed by atoms with Crippen LogP contribution in [0.2, 0.25) is 0 Å². The average Bonchev–Trinajstić information content (AvgIpc) is 2.71. The number of ether oxygens (including phenoxy) is 2. The second-order valence-electron chi connectivity index (χ2n) is 6.97. The fourth-order valence-electron chi connectivity index (χ4n) is 3.45. The highest BCUT2D eigenvalue weighted by molar-refractivity contribution is 5.89. The van der Waals surface area contributed by atoms with Gasteiger partial charge in [0.25, 0.3) is 0 Å². The minimum absolute atomic E-state index is 0.0189. The summed E-state index contributed by atoms with van der Waals surface area (Å²) in [5.41, 5.74) is 0.463. The van der Waals surface area contributed by atoms with Crippen LogP contribution in [0.25, 0.3) is 0 Å². The molecule has 3 rings (SSSR count). The van der Waals surface area contributed by atoms with Gasteiger partial charge in [0.15, 0.2) is 0 Å². The predicted molar refractivity (Wildman–Crippen MR) is 99.3 cm³/mol. The number of amides is 3. The molecule has 2 aliphatic rings. The zero-order chi connectivity index (χ0) is 19.9. The number of carbonyl (C=O) groups is 2. The Hall–Kier alpha value is -2.23. The standard InChI is InChI=1S/C19H26FN3O5/c20-13-1-3-14(4-2-13)21-19(26)22-16-6-5-15(28-17(16)12-24)11-18(25)23-7-9-27-10-8-23/h1-4,15-17,24H,5-12H2,(H2,21,22,26)/t15-,16+,17-/m1/s1. The molecule has 1 aromatic carbocycles. The second-order valence-corrected chi connectivity index (χ2v) is 6.97. The van der Waals surface area contributed by atoms with Gasteiger partial charge in [0.1, 0.15) is 11.9 Å². The third-order valence-electron chi connectivity index (χ3n) is 4.98. The smallest absolute Gasteiger partial charge is 0.319 e. The van der Waals surface area contributed by atoms with Gasteiger partial charge in [0.2, 0.25) is 5.91 Å². The van der Waals surface area contributed by atoms with Crippen molar-refractivity contribution in [2.24, 2.45) is 0 Å². The maximum atomic E-state index is 12.9. The summed E-state index contributed by atoms with van der Waals surface area (Å²) >= 11 is 0. The van der Waals surface area contributed by atoms with Crippen molar-refractivity contribution in [3.8, 4) is 0 Å². The largest absolute Gasteiger partial charge is 0.394 e. The fourth-order valence-corrected chi connectivity index (χ4v) is 3.45. The van der Waals surface area contributed by atoms with E-state index in [0.717, 1.165) is 0 Å². The molecule has 2 aliphatic heterocycles. The summed E-state index contributed by atoms with van der Waals surface area (Å²) in [6.45, 7) is 2.01. The van der Waals surface area contributed by atoms with Gasteiger partial charge in [0.05, 0.1) is 38.4 Å². The van der Waals surface area contributed by atoms with Gasteiger partial charge >= 0.3 is 6.03 Å². The van der Waals surface area contributed by atoms with E-state index in [4.69, 9.17) is 9.47 Å². The van der Waals surface area contributed by atoms with Gasteiger partial charge in [-0.2, -0.15) is 0 Å². The first kappa shape index (κ1) is 20.5. The number of morpholine rings is 1. The summed E-state index contributed by atoms with van der Waals surface area (Å²) in [6, 6.07) is 4.60. The van der Waals surface area contributed by atoms with Gasteiger partial charge in [-0.15, -0.1) is 0 Å². The van der Waals surface area contributed by atoms with Gasteiger partial charge < -0.3 is 30.1 Å². The zero-order valence-corrected chi connectivity index (χ0v) is 15.6. The van der Waals surface area contributed by atoms with Crippen LogP contribution in [0.5, 0.6) is 0 Å². The first-order chi connectivity index (χ1) is 13.5. The molecule has 0 bridgehead atoms. The zero-order valence-electron chi connectivity index (χ0n) is 15.6. The monoisotopic (exact) mass is 395 g/mol. The Morgan fingerprint density at radius 2 is 1.89 bits per heavy atom. The highest BCUT2D eigenvalue weighted by Crippen LogP contribution is 2.23. The molecule has 2 fully saturated rings. The molecule has 9 heteroatoms. The lowest BCUT2D eigenvalue weighted by Crippen LogP contribution is -2.52. The fraction of sp³-hybridized carbons (Fsp3) is 0.579. The quantitative estimate of drug-likeness (QED) is 0.693. The Kier molecular flexibility index (Phi) is 7.18. The second kappa shape index (κ2) is 9.81. The molecule has 2 saturated heterocycles. The van der Waals surface area contributed by atoms with Crippen molar-refractivity contribution in [2.75, 3.05) is 38.2 Å². The molecule has 0 spiro atoms. The van der Waals surface area contributed by atoms with E-state index in [-0.39, 0.29) is 36.9 Å². The highest BCUT2D eigenvalue weighted by atomic mass is 19.1. The molecule has 1 aromatic rings. The molecule has 3 atom stereocenters. The molecule has 3 amide bonds.